The minimum atomic E-state index is 0.0434. The zero-order chi connectivity index (χ0) is 22.8. The lowest BCUT2D eigenvalue weighted by atomic mass is 9.55. The van der Waals surface area contributed by atoms with Crippen molar-refractivity contribution in [3.63, 3.8) is 0 Å². The van der Waals surface area contributed by atoms with Gasteiger partial charge >= 0.3 is 0 Å². The highest BCUT2D eigenvalue weighted by Gasteiger charge is 2.82. The Hall–Kier alpha value is -0.870. The third-order valence-corrected chi connectivity index (χ3v) is 12.8. The lowest BCUT2D eigenvalue weighted by molar-refractivity contribution is -0.121. The Morgan fingerprint density at radius 2 is 1.91 bits per heavy atom. The van der Waals surface area contributed by atoms with E-state index in [0.717, 1.165) is 44.2 Å². The van der Waals surface area contributed by atoms with Crippen LogP contribution in [-0.2, 0) is 9.53 Å². The van der Waals surface area contributed by atoms with Crippen molar-refractivity contribution in [1.29, 1.82) is 0 Å². The van der Waals surface area contributed by atoms with E-state index in [4.69, 9.17) is 4.74 Å². The van der Waals surface area contributed by atoms with Crippen LogP contribution in [0.1, 0.15) is 91.9 Å². The fourth-order valence-corrected chi connectivity index (χ4v) is 10.9. The lowest BCUT2D eigenvalue weighted by Gasteiger charge is -2.49. The number of hydrogen-bond acceptors (Lipinski definition) is 3. The van der Waals surface area contributed by atoms with Crippen molar-refractivity contribution in [2.45, 2.75) is 110 Å². The molecule has 0 aromatic carbocycles. The fraction of sp³-hybridized carbons (Fsp3) is 0.897. The van der Waals surface area contributed by atoms with Crippen LogP contribution in [0.2, 0.25) is 0 Å². The normalized spacial score (nSPS) is 57.3. The maximum Gasteiger partial charge on any atom is 0.220 e. The summed E-state index contributed by atoms with van der Waals surface area (Å²) in [5, 5.41) is 7.12. The van der Waals surface area contributed by atoms with Gasteiger partial charge in [-0.15, -0.1) is 0 Å². The Morgan fingerprint density at radius 1 is 1.06 bits per heavy atom. The van der Waals surface area contributed by atoms with Crippen molar-refractivity contribution >= 4 is 5.91 Å². The molecule has 1 spiro atoms. The minimum absolute atomic E-state index is 0.0434. The summed E-state index contributed by atoms with van der Waals surface area (Å²) in [6.07, 6.45) is 12.6. The van der Waals surface area contributed by atoms with Gasteiger partial charge in [-0.05, 0) is 105 Å². The molecule has 4 nitrogen and oxygen atoms in total. The predicted molar refractivity (Wildman–Crippen MR) is 130 cm³/mol. The molecule has 3 saturated heterocycles. The maximum absolute atomic E-state index is 12.3. The van der Waals surface area contributed by atoms with Crippen LogP contribution in [0.5, 0.6) is 0 Å². The summed E-state index contributed by atoms with van der Waals surface area (Å²) in [4.78, 5) is 12.3. The molecule has 10 atom stereocenters. The molecule has 3 heterocycles. The van der Waals surface area contributed by atoms with Crippen LogP contribution >= 0.6 is 0 Å². The van der Waals surface area contributed by atoms with Gasteiger partial charge in [0.05, 0.1) is 11.7 Å². The van der Waals surface area contributed by atoms with Crippen LogP contribution in [0.25, 0.3) is 0 Å². The largest absolute Gasteiger partial charge is 0.369 e. The van der Waals surface area contributed by atoms with Crippen molar-refractivity contribution in [2.75, 3.05) is 13.1 Å². The molecule has 3 aliphatic heterocycles. The van der Waals surface area contributed by atoms with E-state index in [2.05, 4.69) is 38.3 Å². The number of ether oxygens (including phenoxy) is 1. The molecule has 7 rings (SSSR count). The van der Waals surface area contributed by atoms with E-state index in [1.165, 1.54) is 44.9 Å². The van der Waals surface area contributed by atoms with Crippen LogP contribution in [0.3, 0.4) is 0 Å². The van der Waals surface area contributed by atoms with Gasteiger partial charge in [0.25, 0.3) is 0 Å². The van der Waals surface area contributed by atoms with Crippen molar-refractivity contribution in [3.05, 3.63) is 11.1 Å². The molecule has 0 radical (unpaired) electrons. The van der Waals surface area contributed by atoms with Crippen LogP contribution in [0.4, 0.5) is 0 Å². The van der Waals surface area contributed by atoms with Crippen molar-refractivity contribution in [3.8, 4) is 0 Å². The quantitative estimate of drug-likeness (QED) is 0.510. The average molecular weight is 453 g/mol. The second-order valence-corrected chi connectivity index (χ2v) is 13.9. The number of allylic oxidation sites excluding steroid dienone is 1. The number of rotatable bonds is 0. The number of carbonyl (C=O) groups excluding carboxylic acids is 1. The second-order valence-electron chi connectivity index (χ2n) is 13.9. The summed E-state index contributed by atoms with van der Waals surface area (Å²) in [5.41, 5.74) is 4.86. The lowest BCUT2D eigenvalue weighted by Crippen LogP contribution is -2.48. The van der Waals surface area contributed by atoms with Crippen molar-refractivity contribution in [2.24, 2.45) is 39.9 Å². The molecule has 1 amide bonds. The average Bonchev–Trinajstić information content (AvgIpc) is 3.36. The highest BCUT2D eigenvalue weighted by atomic mass is 16.5. The van der Waals surface area contributed by atoms with Crippen LogP contribution < -0.4 is 10.6 Å². The van der Waals surface area contributed by atoms with E-state index >= 15 is 0 Å². The standard InChI is InChI=1S/C29H44N2O2/c1-17-11-23-25(31-14-17)19(3)28(33-23)10-6-22-21(18(2)12-28)13-29-16-27(22,29)9-5-20-15-30-24(32)7-8-26(20,29)4/h17,19-20,22-23,25,31H,5-16H2,1-4H3,(H,30,32). The molecule has 0 bridgehead atoms. The van der Waals surface area contributed by atoms with E-state index in [1.807, 2.05) is 5.57 Å². The Bertz CT molecular complexity index is 929. The summed E-state index contributed by atoms with van der Waals surface area (Å²) >= 11 is 0. The first-order chi connectivity index (χ1) is 15.7. The topological polar surface area (TPSA) is 50.4 Å². The van der Waals surface area contributed by atoms with E-state index in [9.17, 15) is 4.79 Å². The molecule has 10 unspecified atom stereocenters. The first kappa shape index (κ1) is 21.4. The summed E-state index contributed by atoms with van der Waals surface area (Å²) < 4.78 is 7.06. The van der Waals surface area contributed by atoms with Gasteiger partial charge in [0.1, 0.15) is 0 Å². The number of fused-ring (bicyclic) bond motifs is 3. The summed E-state index contributed by atoms with van der Waals surface area (Å²) in [5.74, 6) is 3.05. The molecule has 2 N–H and O–H groups in total. The number of hydrogen-bond donors (Lipinski definition) is 2. The zero-order valence-electron chi connectivity index (χ0n) is 21.3. The van der Waals surface area contributed by atoms with Gasteiger partial charge in [0.2, 0.25) is 5.91 Å². The van der Waals surface area contributed by atoms with Crippen LogP contribution in [0.15, 0.2) is 11.1 Å². The molecule has 4 heteroatoms. The first-order valence-corrected chi connectivity index (χ1v) is 14.1. The smallest absolute Gasteiger partial charge is 0.220 e. The third-order valence-electron chi connectivity index (χ3n) is 12.8. The third kappa shape index (κ3) is 2.53. The van der Waals surface area contributed by atoms with Gasteiger partial charge in [0, 0.05) is 24.9 Å². The van der Waals surface area contributed by atoms with Gasteiger partial charge in [-0.2, -0.15) is 0 Å². The SMILES string of the molecule is CC1=C2CC34CC3(CCC3CNC(=O)CCC34C)C2CCC2(C1)OC1CC(C)CNC1C2C. The van der Waals surface area contributed by atoms with Gasteiger partial charge in [-0.1, -0.05) is 31.9 Å². The monoisotopic (exact) mass is 452 g/mol. The number of piperidine rings is 1. The van der Waals surface area contributed by atoms with Crippen molar-refractivity contribution < 1.29 is 9.53 Å². The van der Waals surface area contributed by atoms with E-state index in [1.54, 1.807) is 5.57 Å². The number of nitrogens with one attached hydrogen (secondary N) is 2. The molecule has 7 aliphatic rings. The summed E-state index contributed by atoms with van der Waals surface area (Å²) in [7, 11) is 0. The molecule has 33 heavy (non-hydrogen) atoms. The summed E-state index contributed by atoms with van der Waals surface area (Å²) in [6.45, 7) is 12.0. The zero-order valence-corrected chi connectivity index (χ0v) is 21.3. The minimum Gasteiger partial charge on any atom is -0.369 e. The van der Waals surface area contributed by atoms with Gasteiger partial charge < -0.3 is 15.4 Å². The first-order valence-electron chi connectivity index (χ1n) is 14.1. The molecule has 4 aliphatic carbocycles. The number of amides is 1. The van der Waals surface area contributed by atoms with Gasteiger partial charge in [-0.25, -0.2) is 0 Å². The van der Waals surface area contributed by atoms with E-state index in [0.29, 0.717) is 40.2 Å². The second kappa shape index (κ2) is 6.66. The molecule has 182 valence electrons. The molecule has 6 fully saturated rings. The Balaban J connectivity index is 1.22. The Kier molecular flexibility index (Phi) is 4.32. The Labute approximate surface area is 200 Å². The molecular weight excluding hydrogens is 408 g/mol. The van der Waals surface area contributed by atoms with E-state index < -0.39 is 0 Å². The van der Waals surface area contributed by atoms with Gasteiger partial charge in [-0.3, -0.25) is 4.79 Å². The van der Waals surface area contributed by atoms with Gasteiger partial charge in [0.15, 0.2) is 0 Å². The van der Waals surface area contributed by atoms with Crippen LogP contribution in [-0.4, -0.2) is 36.7 Å². The highest BCUT2D eigenvalue weighted by Crippen LogP contribution is 2.89. The summed E-state index contributed by atoms with van der Waals surface area (Å²) in [6, 6.07) is 0.542. The molecular formula is C29H44N2O2. The van der Waals surface area contributed by atoms with Crippen LogP contribution in [0, 0.1) is 39.9 Å². The molecule has 0 aromatic heterocycles. The van der Waals surface area contributed by atoms with E-state index in [-0.39, 0.29) is 11.5 Å². The van der Waals surface area contributed by atoms with Crippen molar-refractivity contribution in [1.82, 2.24) is 10.6 Å². The molecule has 0 aromatic rings. The maximum atomic E-state index is 12.3. The fourth-order valence-electron chi connectivity index (χ4n) is 10.9. The predicted octanol–water partition coefficient (Wildman–Crippen LogP) is 4.98. The number of carbonyl (C=O) groups is 1. The highest BCUT2D eigenvalue weighted by molar-refractivity contribution is 5.76. The molecule has 3 saturated carbocycles. The Morgan fingerprint density at radius 3 is 2.76 bits per heavy atom.